The molecule has 0 amide bonds. The summed E-state index contributed by atoms with van der Waals surface area (Å²) < 4.78 is 0. The molecule has 1 atom stereocenters. The maximum Gasteiger partial charge on any atom is 0.0980 e. The highest BCUT2D eigenvalue weighted by molar-refractivity contribution is 5.17. The summed E-state index contributed by atoms with van der Waals surface area (Å²) in [6.45, 7) is 11.6. The van der Waals surface area contributed by atoms with Crippen LogP contribution in [0.15, 0.2) is 48.1 Å². The Kier molecular flexibility index (Phi) is 6.75. The zero-order valence-corrected chi connectivity index (χ0v) is 11.0. The van der Waals surface area contributed by atoms with E-state index < -0.39 is 5.60 Å². The van der Waals surface area contributed by atoms with Crippen molar-refractivity contribution >= 4 is 0 Å². The molecule has 0 spiro atoms. The first-order chi connectivity index (χ1) is 7.37. The number of hydrogen-bond acceptors (Lipinski definition) is 1. The Hall–Kier alpha value is -1.08. The van der Waals surface area contributed by atoms with Crippen molar-refractivity contribution in [2.24, 2.45) is 0 Å². The summed E-state index contributed by atoms with van der Waals surface area (Å²) in [5, 5.41) is 9.64. The highest BCUT2D eigenvalue weighted by atomic mass is 16.3. The molecule has 0 saturated carbocycles. The molecule has 1 heteroatoms. The first-order valence-electron chi connectivity index (χ1n) is 5.72. The fraction of sp³-hybridized carbons (Fsp3) is 0.467. The van der Waals surface area contributed by atoms with E-state index in [2.05, 4.69) is 33.4 Å². The SMILES string of the molecule is C=C[C@@](C)(O)/C=C/C=C(\C)CCC=C(C)C. The molecule has 0 saturated heterocycles. The first-order valence-corrected chi connectivity index (χ1v) is 5.72. The van der Waals surface area contributed by atoms with Gasteiger partial charge in [-0.05, 0) is 46.6 Å². The molecule has 0 aliphatic carbocycles. The van der Waals surface area contributed by atoms with E-state index in [-0.39, 0.29) is 0 Å². The Morgan fingerprint density at radius 2 is 1.94 bits per heavy atom. The lowest BCUT2D eigenvalue weighted by atomic mass is 10.1. The summed E-state index contributed by atoms with van der Waals surface area (Å²) in [6.07, 6.45) is 11.6. The molecular weight excluding hydrogens is 196 g/mol. The molecule has 0 heterocycles. The maximum atomic E-state index is 9.64. The van der Waals surface area contributed by atoms with Crippen molar-refractivity contribution in [1.82, 2.24) is 0 Å². The van der Waals surface area contributed by atoms with Crippen LogP contribution in [0.2, 0.25) is 0 Å². The average Bonchev–Trinajstić information content (AvgIpc) is 2.17. The molecule has 0 fully saturated rings. The Bertz CT molecular complexity index is 299. The van der Waals surface area contributed by atoms with Gasteiger partial charge >= 0.3 is 0 Å². The van der Waals surface area contributed by atoms with Crippen molar-refractivity contribution in [3.8, 4) is 0 Å². The van der Waals surface area contributed by atoms with E-state index >= 15 is 0 Å². The molecule has 0 rings (SSSR count). The molecule has 0 aromatic carbocycles. The molecule has 0 aromatic heterocycles. The van der Waals surface area contributed by atoms with Crippen LogP contribution in [-0.4, -0.2) is 10.7 Å². The molecule has 0 aliphatic rings. The second kappa shape index (κ2) is 7.24. The van der Waals surface area contributed by atoms with Gasteiger partial charge in [0.25, 0.3) is 0 Å². The minimum Gasteiger partial charge on any atom is -0.382 e. The molecule has 16 heavy (non-hydrogen) atoms. The third-order valence-corrected chi connectivity index (χ3v) is 2.32. The van der Waals surface area contributed by atoms with Gasteiger partial charge < -0.3 is 5.11 Å². The van der Waals surface area contributed by atoms with Gasteiger partial charge in [0.1, 0.15) is 0 Å². The molecule has 0 aromatic rings. The van der Waals surface area contributed by atoms with Gasteiger partial charge in [-0.1, -0.05) is 42.0 Å². The van der Waals surface area contributed by atoms with Gasteiger partial charge in [0, 0.05) is 0 Å². The molecule has 0 radical (unpaired) electrons. The van der Waals surface area contributed by atoms with Crippen molar-refractivity contribution in [1.29, 1.82) is 0 Å². The van der Waals surface area contributed by atoms with E-state index in [1.807, 2.05) is 12.2 Å². The lowest BCUT2D eigenvalue weighted by Crippen LogP contribution is -2.15. The zero-order valence-electron chi connectivity index (χ0n) is 11.0. The molecule has 1 nitrogen and oxygen atoms in total. The summed E-state index contributed by atoms with van der Waals surface area (Å²) in [5.74, 6) is 0. The van der Waals surface area contributed by atoms with E-state index in [1.54, 1.807) is 13.0 Å². The van der Waals surface area contributed by atoms with Crippen LogP contribution >= 0.6 is 0 Å². The second-order valence-electron chi connectivity index (χ2n) is 4.62. The van der Waals surface area contributed by atoms with Gasteiger partial charge in [0.2, 0.25) is 0 Å². The summed E-state index contributed by atoms with van der Waals surface area (Å²) >= 11 is 0. The predicted molar refractivity (Wildman–Crippen MR) is 72.4 cm³/mol. The van der Waals surface area contributed by atoms with Crippen LogP contribution in [-0.2, 0) is 0 Å². The number of rotatable bonds is 6. The van der Waals surface area contributed by atoms with Gasteiger partial charge in [-0.2, -0.15) is 0 Å². The molecule has 0 bridgehead atoms. The van der Waals surface area contributed by atoms with Crippen LogP contribution in [0.1, 0.15) is 40.5 Å². The van der Waals surface area contributed by atoms with Crippen molar-refractivity contribution in [2.45, 2.75) is 46.1 Å². The quantitative estimate of drug-likeness (QED) is 0.526. The summed E-state index contributed by atoms with van der Waals surface area (Å²) in [7, 11) is 0. The second-order valence-corrected chi connectivity index (χ2v) is 4.62. The van der Waals surface area contributed by atoms with Gasteiger partial charge in [-0.3, -0.25) is 0 Å². The lowest BCUT2D eigenvalue weighted by molar-refractivity contribution is 0.164. The molecule has 0 unspecified atom stereocenters. The molecule has 90 valence electrons. The van der Waals surface area contributed by atoms with Gasteiger partial charge in [0.15, 0.2) is 0 Å². The predicted octanol–water partition coefficient (Wildman–Crippen LogP) is 4.17. The normalized spacial score (nSPS) is 15.9. The Morgan fingerprint density at radius 1 is 1.31 bits per heavy atom. The van der Waals surface area contributed by atoms with Crippen LogP contribution in [0.3, 0.4) is 0 Å². The lowest BCUT2D eigenvalue weighted by Gasteiger charge is -2.11. The third kappa shape index (κ3) is 8.25. The standard InChI is InChI=1S/C15H24O/c1-6-15(5,16)12-8-11-14(4)10-7-9-13(2)3/h6,8-9,11-12,16H,1,7,10H2,2-5H3/b12-8+,14-11+/t15-/m1/s1. The largest absolute Gasteiger partial charge is 0.382 e. The average molecular weight is 220 g/mol. The van der Waals surface area contributed by atoms with E-state index in [0.717, 1.165) is 12.8 Å². The van der Waals surface area contributed by atoms with Gasteiger partial charge in [-0.15, -0.1) is 0 Å². The Morgan fingerprint density at radius 3 is 2.44 bits per heavy atom. The van der Waals surface area contributed by atoms with Crippen LogP contribution in [0, 0.1) is 0 Å². The Balaban J connectivity index is 4.15. The molecule has 1 N–H and O–H groups in total. The molecule has 0 aliphatic heterocycles. The minimum atomic E-state index is -0.906. The number of aliphatic hydroxyl groups is 1. The fourth-order valence-corrected chi connectivity index (χ4v) is 1.15. The van der Waals surface area contributed by atoms with E-state index in [4.69, 9.17) is 0 Å². The van der Waals surface area contributed by atoms with Crippen LogP contribution in [0.5, 0.6) is 0 Å². The first kappa shape index (κ1) is 14.9. The number of allylic oxidation sites excluding steroid dienone is 5. The highest BCUT2D eigenvalue weighted by Crippen LogP contribution is 2.09. The monoisotopic (exact) mass is 220 g/mol. The highest BCUT2D eigenvalue weighted by Gasteiger charge is 2.07. The van der Waals surface area contributed by atoms with Crippen molar-refractivity contribution < 1.29 is 5.11 Å². The molecular formula is C15H24O. The van der Waals surface area contributed by atoms with Gasteiger partial charge in [0.05, 0.1) is 5.60 Å². The minimum absolute atomic E-state index is 0.906. The topological polar surface area (TPSA) is 20.2 Å². The maximum absolute atomic E-state index is 9.64. The van der Waals surface area contributed by atoms with E-state index in [0.29, 0.717) is 0 Å². The van der Waals surface area contributed by atoms with Crippen molar-refractivity contribution in [2.75, 3.05) is 0 Å². The third-order valence-electron chi connectivity index (χ3n) is 2.32. The number of hydrogen-bond donors (Lipinski definition) is 1. The van der Waals surface area contributed by atoms with Crippen LogP contribution < -0.4 is 0 Å². The van der Waals surface area contributed by atoms with Gasteiger partial charge in [-0.25, -0.2) is 0 Å². The van der Waals surface area contributed by atoms with Crippen molar-refractivity contribution in [3.63, 3.8) is 0 Å². The van der Waals surface area contributed by atoms with E-state index in [9.17, 15) is 5.11 Å². The van der Waals surface area contributed by atoms with Crippen LogP contribution in [0.4, 0.5) is 0 Å². The smallest absolute Gasteiger partial charge is 0.0980 e. The van der Waals surface area contributed by atoms with Crippen LogP contribution in [0.25, 0.3) is 0 Å². The zero-order chi connectivity index (χ0) is 12.6. The summed E-state index contributed by atoms with van der Waals surface area (Å²) in [4.78, 5) is 0. The van der Waals surface area contributed by atoms with Crippen molar-refractivity contribution in [3.05, 3.63) is 48.1 Å². The Labute approximate surface area is 99.9 Å². The fourth-order valence-electron chi connectivity index (χ4n) is 1.15. The summed E-state index contributed by atoms with van der Waals surface area (Å²) in [6, 6.07) is 0. The van der Waals surface area contributed by atoms with E-state index in [1.165, 1.54) is 17.2 Å². The summed E-state index contributed by atoms with van der Waals surface area (Å²) in [5.41, 5.74) is 1.77.